The van der Waals surface area contributed by atoms with Crippen molar-refractivity contribution in [2.75, 3.05) is 7.05 Å². The second-order valence-electron chi connectivity index (χ2n) is 4.34. The summed E-state index contributed by atoms with van der Waals surface area (Å²) in [5.41, 5.74) is 0. The van der Waals surface area contributed by atoms with E-state index in [1.807, 2.05) is 7.05 Å². The lowest BCUT2D eigenvalue weighted by Gasteiger charge is -2.19. The summed E-state index contributed by atoms with van der Waals surface area (Å²) >= 11 is 0. The molecule has 0 saturated heterocycles. The Balaban J connectivity index is 1.86. The van der Waals surface area contributed by atoms with E-state index in [4.69, 9.17) is 4.52 Å². The van der Waals surface area contributed by atoms with E-state index in [1.54, 1.807) is 0 Å². The van der Waals surface area contributed by atoms with Gasteiger partial charge in [0, 0.05) is 6.42 Å². The highest BCUT2D eigenvalue weighted by molar-refractivity contribution is 4.88. The molecule has 0 aliphatic heterocycles. The zero-order valence-electron chi connectivity index (χ0n) is 9.33. The zero-order valence-corrected chi connectivity index (χ0v) is 9.33. The molecule has 0 spiro atoms. The Morgan fingerprint density at radius 1 is 1.33 bits per heavy atom. The number of nitrogens with zero attached hydrogens (tertiary/aromatic N) is 2. The van der Waals surface area contributed by atoms with Gasteiger partial charge in [0.1, 0.15) is 0 Å². The van der Waals surface area contributed by atoms with Gasteiger partial charge < -0.3 is 9.84 Å². The van der Waals surface area contributed by atoms with Crippen LogP contribution in [-0.4, -0.2) is 17.2 Å². The van der Waals surface area contributed by atoms with Gasteiger partial charge in [-0.3, -0.25) is 0 Å². The van der Waals surface area contributed by atoms with E-state index in [2.05, 4.69) is 15.5 Å². The first-order chi connectivity index (χ1) is 7.38. The molecule has 0 amide bonds. The largest absolute Gasteiger partial charge is 0.339 e. The molecule has 1 aliphatic rings. The summed E-state index contributed by atoms with van der Waals surface area (Å²) in [6, 6.07) is 0. The molecule has 1 aromatic heterocycles. The molecule has 1 heterocycles. The summed E-state index contributed by atoms with van der Waals surface area (Å²) in [5.74, 6) is 2.34. The SMILES string of the molecule is CNCc1noc(CC2CCCCC2)n1. The number of aromatic nitrogens is 2. The predicted octanol–water partition coefficient (Wildman–Crippen LogP) is 1.91. The summed E-state index contributed by atoms with van der Waals surface area (Å²) in [6.45, 7) is 0.689. The summed E-state index contributed by atoms with van der Waals surface area (Å²) in [4.78, 5) is 4.35. The molecule has 4 heteroatoms. The molecule has 0 atom stereocenters. The summed E-state index contributed by atoms with van der Waals surface area (Å²) in [5, 5.41) is 6.94. The van der Waals surface area contributed by atoms with Crippen molar-refractivity contribution in [3.8, 4) is 0 Å². The van der Waals surface area contributed by atoms with E-state index in [-0.39, 0.29) is 0 Å². The van der Waals surface area contributed by atoms with Crippen molar-refractivity contribution in [2.45, 2.75) is 45.1 Å². The molecule has 1 N–H and O–H groups in total. The van der Waals surface area contributed by atoms with Crippen LogP contribution < -0.4 is 5.32 Å². The van der Waals surface area contributed by atoms with Gasteiger partial charge in [0.05, 0.1) is 6.54 Å². The molecule has 1 aliphatic carbocycles. The zero-order chi connectivity index (χ0) is 10.5. The average molecular weight is 209 g/mol. The summed E-state index contributed by atoms with van der Waals surface area (Å²) < 4.78 is 5.22. The van der Waals surface area contributed by atoms with Gasteiger partial charge in [-0.1, -0.05) is 24.4 Å². The van der Waals surface area contributed by atoms with Crippen LogP contribution in [0.1, 0.15) is 43.8 Å². The lowest BCUT2D eigenvalue weighted by Crippen LogP contribution is -2.10. The monoisotopic (exact) mass is 209 g/mol. The second-order valence-corrected chi connectivity index (χ2v) is 4.34. The Bertz CT molecular complexity index is 292. The van der Waals surface area contributed by atoms with E-state index in [1.165, 1.54) is 32.1 Å². The Labute approximate surface area is 90.4 Å². The molecule has 1 aromatic rings. The molecular formula is C11H19N3O. The van der Waals surface area contributed by atoms with E-state index < -0.39 is 0 Å². The molecular weight excluding hydrogens is 190 g/mol. The van der Waals surface area contributed by atoms with Gasteiger partial charge in [0.15, 0.2) is 5.82 Å². The van der Waals surface area contributed by atoms with Gasteiger partial charge in [-0.2, -0.15) is 4.98 Å². The fourth-order valence-corrected chi connectivity index (χ4v) is 2.24. The van der Waals surface area contributed by atoms with Crippen molar-refractivity contribution >= 4 is 0 Å². The average Bonchev–Trinajstić information content (AvgIpc) is 2.68. The molecule has 4 nitrogen and oxygen atoms in total. The van der Waals surface area contributed by atoms with Crippen LogP contribution in [-0.2, 0) is 13.0 Å². The van der Waals surface area contributed by atoms with Gasteiger partial charge in [-0.25, -0.2) is 0 Å². The van der Waals surface area contributed by atoms with Gasteiger partial charge in [0.25, 0.3) is 0 Å². The third kappa shape index (κ3) is 3.02. The minimum absolute atomic E-state index is 0.689. The van der Waals surface area contributed by atoms with Crippen LogP contribution in [0.25, 0.3) is 0 Å². The lowest BCUT2D eigenvalue weighted by atomic mass is 9.87. The molecule has 2 rings (SSSR count). The van der Waals surface area contributed by atoms with Crippen molar-refractivity contribution in [1.29, 1.82) is 0 Å². The fourth-order valence-electron chi connectivity index (χ4n) is 2.24. The predicted molar refractivity (Wildman–Crippen MR) is 57.3 cm³/mol. The third-order valence-corrected chi connectivity index (χ3v) is 3.03. The molecule has 1 fully saturated rings. The Kier molecular flexibility index (Phi) is 3.72. The van der Waals surface area contributed by atoms with Gasteiger partial charge in [-0.15, -0.1) is 0 Å². The van der Waals surface area contributed by atoms with Gasteiger partial charge in [-0.05, 0) is 25.8 Å². The topological polar surface area (TPSA) is 51.0 Å². The highest BCUT2D eigenvalue weighted by atomic mass is 16.5. The van der Waals surface area contributed by atoms with Gasteiger partial charge >= 0.3 is 0 Å². The van der Waals surface area contributed by atoms with Crippen molar-refractivity contribution < 1.29 is 4.52 Å². The van der Waals surface area contributed by atoms with E-state index >= 15 is 0 Å². The van der Waals surface area contributed by atoms with Crippen LogP contribution in [0.4, 0.5) is 0 Å². The maximum absolute atomic E-state index is 5.22. The lowest BCUT2D eigenvalue weighted by molar-refractivity contribution is 0.303. The number of hydrogen-bond acceptors (Lipinski definition) is 4. The normalized spacial score (nSPS) is 18.2. The van der Waals surface area contributed by atoms with Gasteiger partial charge in [0.2, 0.25) is 5.89 Å². The van der Waals surface area contributed by atoms with Crippen molar-refractivity contribution in [3.63, 3.8) is 0 Å². The van der Waals surface area contributed by atoms with E-state index in [0.717, 1.165) is 24.1 Å². The fraction of sp³-hybridized carbons (Fsp3) is 0.818. The van der Waals surface area contributed by atoms with Crippen molar-refractivity contribution in [2.24, 2.45) is 5.92 Å². The molecule has 0 unspecified atom stereocenters. The highest BCUT2D eigenvalue weighted by Crippen LogP contribution is 2.26. The van der Waals surface area contributed by atoms with Crippen molar-refractivity contribution in [3.05, 3.63) is 11.7 Å². The molecule has 15 heavy (non-hydrogen) atoms. The standard InChI is InChI=1S/C11H19N3O/c1-12-8-10-13-11(15-14-10)7-9-5-3-2-4-6-9/h9,12H,2-8H2,1H3. The number of rotatable bonds is 4. The molecule has 84 valence electrons. The van der Waals surface area contributed by atoms with Crippen LogP contribution >= 0.6 is 0 Å². The van der Waals surface area contributed by atoms with E-state index in [9.17, 15) is 0 Å². The van der Waals surface area contributed by atoms with Crippen LogP contribution in [0.15, 0.2) is 4.52 Å². The molecule has 1 saturated carbocycles. The highest BCUT2D eigenvalue weighted by Gasteiger charge is 2.17. The quantitative estimate of drug-likeness (QED) is 0.823. The number of nitrogens with one attached hydrogen (secondary N) is 1. The van der Waals surface area contributed by atoms with E-state index in [0.29, 0.717) is 6.54 Å². The van der Waals surface area contributed by atoms with Crippen LogP contribution in [0.5, 0.6) is 0 Å². The second kappa shape index (κ2) is 5.26. The summed E-state index contributed by atoms with van der Waals surface area (Å²) in [7, 11) is 1.89. The van der Waals surface area contributed by atoms with Crippen LogP contribution in [0.2, 0.25) is 0 Å². The Morgan fingerprint density at radius 2 is 2.13 bits per heavy atom. The molecule has 0 radical (unpaired) electrons. The minimum Gasteiger partial charge on any atom is -0.339 e. The maximum atomic E-state index is 5.22. The molecule has 0 aromatic carbocycles. The minimum atomic E-state index is 0.689. The first-order valence-electron chi connectivity index (χ1n) is 5.84. The van der Waals surface area contributed by atoms with Crippen LogP contribution in [0, 0.1) is 5.92 Å². The summed E-state index contributed by atoms with van der Waals surface area (Å²) in [6.07, 6.45) is 7.74. The molecule has 0 bridgehead atoms. The smallest absolute Gasteiger partial charge is 0.226 e. The maximum Gasteiger partial charge on any atom is 0.226 e. The Hall–Kier alpha value is -0.900. The van der Waals surface area contributed by atoms with Crippen LogP contribution in [0.3, 0.4) is 0 Å². The first-order valence-corrected chi connectivity index (χ1v) is 5.84. The first kappa shape index (κ1) is 10.6. The van der Waals surface area contributed by atoms with Crippen molar-refractivity contribution in [1.82, 2.24) is 15.5 Å². The third-order valence-electron chi connectivity index (χ3n) is 3.03. The number of hydrogen-bond donors (Lipinski definition) is 1. The Morgan fingerprint density at radius 3 is 2.87 bits per heavy atom.